The first-order valence-electron chi connectivity index (χ1n) is 7.52. The minimum atomic E-state index is -4.74. The zero-order valence-corrected chi connectivity index (χ0v) is 13.4. The van der Waals surface area contributed by atoms with E-state index in [1.807, 2.05) is 0 Å². The lowest BCUT2D eigenvalue weighted by molar-refractivity contribution is -0.274. The molecule has 1 aromatic rings. The minimum absolute atomic E-state index is 0.139. The summed E-state index contributed by atoms with van der Waals surface area (Å²) >= 11 is 0. The maximum Gasteiger partial charge on any atom is 0.573 e. The number of carbonyl (C=O) groups excluding carboxylic acids is 2. The van der Waals surface area contributed by atoms with Crippen LogP contribution in [0.1, 0.15) is 32.3 Å². The average Bonchev–Trinajstić information content (AvgIpc) is 2.45. The van der Waals surface area contributed by atoms with E-state index in [9.17, 15) is 22.8 Å². The lowest BCUT2D eigenvalue weighted by atomic mass is 9.91. The summed E-state index contributed by atoms with van der Waals surface area (Å²) in [6, 6.07) is 5.33. The first-order valence-corrected chi connectivity index (χ1v) is 7.52. The molecule has 2 rings (SSSR count). The number of ether oxygens (including phenoxy) is 1. The van der Waals surface area contributed by atoms with Gasteiger partial charge in [-0.05, 0) is 38.0 Å². The molecule has 1 aliphatic rings. The number of alkyl halides is 3. The van der Waals surface area contributed by atoms with E-state index in [1.165, 1.54) is 24.3 Å². The van der Waals surface area contributed by atoms with Crippen molar-refractivity contribution in [1.29, 1.82) is 0 Å². The summed E-state index contributed by atoms with van der Waals surface area (Å²) < 4.78 is 40.3. The fourth-order valence-electron chi connectivity index (χ4n) is 2.56. The normalized spacial score (nSPS) is 18.7. The number of rotatable bonds is 4. The topological polar surface area (TPSA) is 67.4 Å². The Balaban J connectivity index is 2.03. The molecule has 0 bridgehead atoms. The second kappa shape index (κ2) is 6.70. The van der Waals surface area contributed by atoms with E-state index in [1.54, 1.807) is 13.8 Å². The standard InChI is InChI=1S/C16H19F3N2O3/c1-15(2,21-14(23)10-7-8-20-13(22)9-10)11-3-5-12(6-4-11)24-16(17,18)19/h3-6,10H,7-9H2,1-2H3,(H,20,22)(H,21,23)/t10-/m0/s1. The van der Waals surface area contributed by atoms with Gasteiger partial charge in [0, 0.05) is 18.9 Å². The molecule has 1 atom stereocenters. The van der Waals surface area contributed by atoms with Crippen LogP contribution < -0.4 is 15.4 Å². The number of piperidine rings is 1. The van der Waals surface area contributed by atoms with Crippen molar-refractivity contribution in [1.82, 2.24) is 10.6 Å². The molecule has 0 aromatic heterocycles. The number of hydrogen-bond donors (Lipinski definition) is 2. The summed E-state index contributed by atoms with van der Waals surface area (Å²) in [6.45, 7) is 3.95. The lowest BCUT2D eigenvalue weighted by Crippen LogP contribution is -2.47. The molecule has 0 unspecified atom stereocenters. The third-order valence-electron chi connectivity index (χ3n) is 3.86. The number of halogens is 3. The number of hydrogen-bond acceptors (Lipinski definition) is 3. The van der Waals surface area contributed by atoms with Gasteiger partial charge in [-0.2, -0.15) is 0 Å². The van der Waals surface area contributed by atoms with Crippen molar-refractivity contribution in [2.24, 2.45) is 5.92 Å². The first kappa shape index (κ1) is 18.1. The molecule has 2 amide bonds. The highest BCUT2D eigenvalue weighted by Crippen LogP contribution is 2.27. The van der Waals surface area contributed by atoms with Gasteiger partial charge in [-0.25, -0.2) is 0 Å². The fraction of sp³-hybridized carbons (Fsp3) is 0.500. The molecule has 1 aromatic carbocycles. The van der Waals surface area contributed by atoms with Crippen LogP contribution in [0.15, 0.2) is 24.3 Å². The second-order valence-electron chi connectivity index (χ2n) is 6.23. The molecule has 1 aliphatic heterocycles. The number of amides is 2. The van der Waals surface area contributed by atoms with Gasteiger partial charge < -0.3 is 15.4 Å². The Morgan fingerprint density at radius 1 is 1.25 bits per heavy atom. The lowest BCUT2D eigenvalue weighted by Gasteiger charge is -2.30. The average molecular weight is 344 g/mol. The summed E-state index contributed by atoms with van der Waals surface area (Å²) in [5.41, 5.74) is -0.160. The highest BCUT2D eigenvalue weighted by molar-refractivity contribution is 5.87. The molecule has 5 nitrogen and oxygen atoms in total. The largest absolute Gasteiger partial charge is 0.573 e. The van der Waals surface area contributed by atoms with Gasteiger partial charge in [0.1, 0.15) is 5.75 Å². The predicted molar refractivity (Wildman–Crippen MR) is 80.0 cm³/mol. The monoisotopic (exact) mass is 344 g/mol. The van der Waals surface area contributed by atoms with Crippen molar-refractivity contribution in [3.05, 3.63) is 29.8 Å². The van der Waals surface area contributed by atoms with Gasteiger partial charge >= 0.3 is 6.36 Å². The zero-order chi connectivity index (χ0) is 18.0. The first-order chi connectivity index (χ1) is 11.1. The van der Waals surface area contributed by atoms with E-state index in [0.29, 0.717) is 18.5 Å². The predicted octanol–water partition coefficient (Wildman–Crippen LogP) is 2.46. The summed E-state index contributed by atoms with van der Waals surface area (Å²) in [5, 5.41) is 5.51. The van der Waals surface area contributed by atoms with Crippen LogP contribution >= 0.6 is 0 Å². The SMILES string of the molecule is CC(C)(NC(=O)[C@H]1CCNC(=O)C1)c1ccc(OC(F)(F)F)cc1. The van der Waals surface area contributed by atoms with E-state index in [0.717, 1.165) is 0 Å². The Kier molecular flexibility index (Phi) is 5.05. The Hall–Kier alpha value is -2.25. The van der Waals surface area contributed by atoms with E-state index in [-0.39, 0.29) is 24.0 Å². The van der Waals surface area contributed by atoms with Crippen LogP contribution in [-0.4, -0.2) is 24.7 Å². The highest BCUT2D eigenvalue weighted by atomic mass is 19.4. The molecule has 0 saturated carbocycles. The van der Waals surface area contributed by atoms with Crippen LogP contribution in [0.4, 0.5) is 13.2 Å². The minimum Gasteiger partial charge on any atom is -0.406 e. The molecule has 8 heteroatoms. The molecule has 0 radical (unpaired) electrons. The molecule has 0 aliphatic carbocycles. The van der Waals surface area contributed by atoms with Crippen LogP contribution in [0.2, 0.25) is 0 Å². The Morgan fingerprint density at radius 3 is 2.42 bits per heavy atom. The van der Waals surface area contributed by atoms with Crippen molar-refractivity contribution in [3.8, 4) is 5.75 Å². The van der Waals surface area contributed by atoms with Gasteiger partial charge in [0.25, 0.3) is 0 Å². The van der Waals surface area contributed by atoms with E-state index in [2.05, 4.69) is 15.4 Å². The third kappa shape index (κ3) is 4.87. The Morgan fingerprint density at radius 2 is 1.88 bits per heavy atom. The second-order valence-corrected chi connectivity index (χ2v) is 6.23. The quantitative estimate of drug-likeness (QED) is 0.882. The van der Waals surface area contributed by atoms with Crippen LogP contribution in [0.5, 0.6) is 5.75 Å². The summed E-state index contributed by atoms with van der Waals surface area (Å²) in [4.78, 5) is 23.7. The molecule has 1 saturated heterocycles. The third-order valence-corrected chi connectivity index (χ3v) is 3.86. The smallest absolute Gasteiger partial charge is 0.406 e. The maximum absolute atomic E-state index is 12.3. The highest BCUT2D eigenvalue weighted by Gasteiger charge is 2.32. The van der Waals surface area contributed by atoms with Crippen LogP contribution in [0, 0.1) is 5.92 Å². The maximum atomic E-state index is 12.3. The molecule has 1 fully saturated rings. The zero-order valence-electron chi connectivity index (χ0n) is 13.4. The summed E-state index contributed by atoms with van der Waals surface area (Å²) in [7, 11) is 0. The summed E-state index contributed by atoms with van der Waals surface area (Å²) in [5.74, 6) is -1.12. The van der Waals surface area contributed by atoms with Crippen molar-refractivity contribution in [2.45, 2.75) is 38.6 Å². The van der Waals surface area contributed by atoms with Crippen molar-refractivity contribution >= 4 is 11.8 Å². The van der Waals surface area contributed by atoms with Gasteiger partial charge in [0.2, 0.25) is 11.8 Å². The molecule has 132 valence electrons. The van der Waals surface area contributed by atoms with E-state index < -0.39 is 17.8 Å². The van der Waals surface area contributed by atoms with Gasteiger partial charge in [-0.1, -0.05) is 12.1 Å². The van der Waals surface area contributed by atoms with Gasteiger partial charge in [-0.15, -0.1) is 13.2 Å². The van der Waals surface area contributed by atoms with Gasteiger partial charge in [0.15, 0.2) is 0 Å². The Labute approximate surface area is 137 Å². The fourth-order valence-corrected chi connectivity index (χ4v) is 2.56. The van der Waals surface area contributed by atoms with Gasteiger partial charge in [-0.3, -0.25) is 9.59 Å². The van der Waals surface area contributed by atoms with Crippen molar-refractivity contribution < 1.29 is 27.5 Å². The van der Waals surface area contributed by atoms with Crippen LogP contribution in [0.3, 0.4) is 0 Å². The number of nitrogens with one attached hydrogen (secondary N) is 2. The molecule has 24 heavy (non-hydrogen) atoms. The number of benzene rings is 1. The summed E-state index contributed by atoms with van der Waals surface area (Å²) in [6.07, 6.45) is -4.04. The molecule has 2 N–H and O–H groups in total. The van der Waals surface area contributed by atoms with Gasteiger partial charge in [0.05, 0.1) is 5.54 Å². The Bertz CT molecular complexity index is 612. The van der Waals surface area contributed by atoms with Crippen molar-refractivity contribution in [3.63, 3.8) is 0 Å². The number of carbonyl (C=O) groups is 2. The van der Waals surface area contributed by atoms with Crippen LogP contribution in [0.25, 0.3) is 0 Å². The van der Waals surface area contributed by atoms with Crippen molar-refractivity contribution in [2.75, 3.05) is 6.54 Å². The molecular weight excluding hydrogens is 325 g/mol. The molecule has 1 heterocycles. The van der Waals surface area contributed by atoms with Crippen LogP contribution in [-0.2, 0) is 15.1 Å². The molecular formula is C16H19F3N2O3. The van der Waals surface area contributed by atoms with E-state index in [4.69, 9.17) is 0 Å². The molecule has 0 spiro atoms. The van der Waals surface area contributed by atoms with E-state index >= 15 is 0 Å².